The van der Waals surface area contributed by atoms with E-state index >= 15 is 0 Å². The lowest BCUT2D eigenvalue weighted by Gasteiger charge is -2.13. The molecule has 0 aliphatic heterocycles. The molecule has 1 amide bonds. The summed E-state index contributed by atoms with van der Waals surface area (Å²) in [6, 6.07) is 11.7. The maximum absolute atomic E-state index is 12.1. The number of unbranched alkanes of at least 4 members (excludes halogenated alkanes) is 2. The summed E-state index contributed by atoms with van der Waals surface area (Å²) in [6.45, 7) is 2.83. The fraction of sp³-hybridized carbons (Fsp3) is 0.368. The van der Waals surface area contributed by atoms with Crippen molar-refractivity contribution in [3.05, 3.63) is 48.3 Å². The Morgan fingerprint density at radius 1 is 1.08 bits per heavy atom. The molecule has 0 fully saturated rings. The smallest absolute Gasteiger partial charge is 0.269 e. The van der Waals surface area contributed by atoms with Gasteiger partial charge in [-0.2, -0.15) is 0 Å². The summed E-state index contributed by atoms with van der Waals surface area (Å²) < 4.78 is 0. The lowest BCUT2D eigenvalue weighted by atomic mass is 10.2. The number of nitrogens with one attached hydrogen (secondary N) is 2. The number of hydrogen-bond donors (Lipinski definition) is 2. The highest BCUT2D eigenvalue weighted by Crippen LogP contribution is 2.20. The zero-order valence-electron chi connectivity index (χ0n) is 14.7. The van der Waals surface area contributed by atoms with Gasteiger partial charge in [0.15, 0.2) is 0 Å². The number of amides is 1. The third-order valence-electron chi connectivity index (χ3n) is 3.73. The normalized spacial score (nSPS) is 10.3. The second-order valence-electron chi connectivity index (χ2n) is 5.96. The molecule has 2 rings (SSSR count). The first-order valence-corrected chi connectivity index (χ1v) is 8.39. The molecule has 0 radical (unpaired) electrons. The van der Waals surface area contributed by atoms with Crippen molar-refractivity contribution in [2.24, 2.45) is 0 Å². The summed E-state index contributed by atoms with van der Waals surface area (Å²) in [5, 5.41) is 6.21. The second kappa shape index (κ2) is 8.91. The molecule has 2 N–H and O–H groups in total. The number of rotatable bonds is 8. The van der Waals surface area contributed by atoms with Gasteiger partial charge in [-0.1, -0.05) is 19.8 Å². The van der Waals surface area contributed by atoms with Gasteiger partial charge in [0.25, 0.3) is 5.91 Å². The molecule has 5 heteroatoms. The van der Waals surface area contributed by atoms with Crippen LogP contribution in [0.25, 0.3) is 0 Å². The van der Waals surface area contributed by atoms with Crippen molar-refractivity contribution in [2.75, 3.05) is 30.9 Å². The van der Waals surface area contributed by atoms with Crippen LogP contribution < -0.4 is 15.5 Å². The van der Waals surface area contributed by atoms with E-state index in [1.807, 2.05) is 44.4 Å². The average Bonchev–Trinajstić information content (AvgIpc) is 2.59. The quantitative estimate of drug-likeness (QED) is 0.724. The number of benzene rings is 1. The lowest BCUT2D eigenvalue weighted by Crippen LogP contribution is -2.25. The first-order valence-electron chi connectivity index (χ1n) is 8.39. The van der Waals surface area contributed by atoms with Gasteiger partial charge >= 0.3 is 0 Å². The monoisotopic (exact) mass is 326 g/mol. The molecular weight excluding hydrogens is 300 g/mol. The van der Waals surface area contributed by atoms with Crippen molar-refractivity contribution in [2.45, 2.75) is 26.2 Å². The topological polar surface area (TPSA) is 57.3 Å². The number of hydrogen-bond acceptors (Lipinski definition) is 4. The highest BCUT2D eigenvalue weighted by molar-refractivity contribution is 5.93. The number of nitrogens with zero attached hydrogens (tertiary/aromatic N) is 2. The molecule has 0 aliphatic rings. The van der Waals surface area contributed by atoms with Crippen LogP contribution in [0.2, 0.25) is 0 Å². The molecule has 0 bridgehead atoms. The van der Waals surface area contributed by atoms with E-state index in [0.717, 1.165) is 36.3 Å². The van der Waals surface area contributed by atoms with Crippen molar-refractivity contribution in [3.8, 4) is 0 Å². The molecule has 0 aliphatic carbocycles. The largest absolute Gasteiger partial charge is 0.378 e. The van der Waals surface area contributed by atoms with Gasteiger partial charge in [0.2, 0.25) is 0 Å². The zero-order chi connectivity index (χ0) is 17.4. The predicted molar refractivity (Wildman–Crippen MR) is 100 cm³/mol. The van der Waals surface area contributed by atoms with Crippen LogP contribution in [0.5, 0.6) is 0 Å². The number of carbonyl (C=O) groups excluding carboxylic acids is 1. The Hall–Kier alpha value is -2.56. The molecule has 24 heavy (non-hydrogen) atoms. The summed E-state index contributed by atoms with van der Waals surface area (Å²) in [5.74, 6) is -0.127. The van der Waals surface area contributed by atoms with Gasteiger partial charge in [-0.15, -0.1) is 0 Å². The molecule has 2 aromatic rings. The van der Waals surface area contributed by atoms with Crippen LogP contribution in [0.15, 0.2) is 42.6 Å². The summed E-state index contributed by atoms with van der Waals surface area (Å²) in [7, 11) is 4.02. The Balaban J connectivity index is 1.98. The van der Waals surface area contributed by atoms with Crippen LogP contribution in [0, 0.1) is 0 Å². The number of pyridine rings is 1. The third-order valence-corrected chi connectivity index (χ3v) is 3.73. The van der Waals surface area contributed by atoms with E-state index in [4.69, 9.17) is 0 Å². The summed E-state index contributed by atoms with van der Waals surface area (Å²) in [6.07, 6.45) is 4.91. The average molecular weight is 326 g/mol. The Bertz CT molecular complexity index is 653. The first kappa shape index (κ1) is 17.8. The molecule has 1 heterocycles. The van der Waals surface area contributed by atoms with E-state index in [-0.39, 0.29) is 5.91 Å². The molecule has 1 aromatic heterocycles. The van der Waals surface area contributed by atoms with Crippen LogP contribution in [0.1, 0.15) is 36.7 Å². The van der Waals surface area contributed by atoms with E-state index in [9.17, 15) is 4.79 Å². The van der Waals surface area contributed by atoms with Gasteiger partial charge in [0.05, 0.1) is 0 Å². The van der Waals surface area contributed by atoms with Crippen molar-refractivity contribution >= 4 is 23.0 Å². The van der Waals surface area contributed by atoms with Gasteiger partial charge < -0.3 is 15.5 Å². The molecule has 0 saturated carbocycles. The molecule has 128 valence electrons. The van der Waals surface area contributed by atoms with Crippen molar-refractivity contribution < 1.29 is 4.79 Å². The molecule has 0 saturated heterocycles. The Labute approximate surface area is 144 Å². The molecular formula is C19H26N4O. The number of aromatic nitrogens is 1. The van der Waals surface area contributed by atoms with Crippen LogP contribution in [0.4, 0.5) is 17.1 Å². The Morgan fingerprint density at radius 3 is 2.50 bits per heavy atom. The molecule has 0 unspecified atom stereocenters. The first-order chi connectivity index (χ1) is 11.6. The fourth-order valence-electron chi connectivity index (χ4n) is 2.31. The van der Waals surface area contributed by atoms with E-state index in [1.165, 1.54) is 0 Å². The minimum absolute atomic E-state index is 0.127. The van der Waals surface area contributed by atoms with E-state index in [0.29, 0.717) is 12.2 Å². The van der Waals surface area contributed by atoms with Crippen LogP contribution >= 0.6 is 0 Å². The molecule has 5 nitrogen and oxygen atoms in total. The van der Waals surface area contributed by atoms with E-state index in [1.54, 1.807) is 12.3 Å². The highest BCUT2D eigenvalue weighted by atomic mass is 16.1. The Morgan fingerprint density at radius 2 is 1.83 bits per heavy atom. The van der Waals surface area contributed by atoms with Gasteiger partial charge in [-0.25, -0.2) is 0 Å². The van der Waals surface area contributed by atoms with Crippen molar-refractivity contribution in [1.29, 1.82) is 0 Å². The van der Waals surface area contributed by atoms with Gasteiger partial charge in [0.1, 0.15) is 5.69 Å². The van der Waals surface area contributed by atoms with Crippen LogP contribution in [0.3, 0.4) is 0 Å². The van der Waals surface area contributed by atoms with Gasteiger partial charge in [0, 0.05) is 43.9 Å². The number of anilines is 3. The third kappa shape index (κ3) is 5.26. The molecule has 0 spiro atoms. The second-order valence-corrected chi connectivity index (χ2v) is 5.96. The van der Waals surface area contributed by atoms with Crippen molar-refractivity contribution in [3.63, 3.8) is 0 Å². The lowest BCUT2D eigenvalue weighted by molar-refractivity contribution is 0.0948. The minimum Gasteiger partial charge on any atom is -0.378 e. The van der Waals surface area contributed by atoms with Gasteiger partial charge in [-0.05, 0) is 42.8 Å². The SMILES string of the molecule is CCCCCNC(=O)c1cc(Nc2ccc(N(C)C)cc2)ccn1. The Kier molecular flexibility index (Phi) is 6.61. The fourth-order valence-corrected chi connectivity index (χ4v) is 2.31. The number of carbonyl (C=O) groups is 1. The summed E-state index contributed by atoms with van der Waals surface area (Å²) in [5.41, 5.74) is 3.39. The summed E-state index contributed by atoms with van der Waals surface area (Å²) in [4.78, 5) is 18.3. The maximum atomic E-state index is 12.1. The highest BCUT2D eigenvalue weighted by Gasteiger charge is 2.07. The van der Waals surface area contributed by atoms with E-state index in [2.05, 4.69) is 27.4 Å². The molecule has 1 aromatic carbocycles. The van der Waals surface area contributed by atoms with Crippen LogP contribution in [-0.2, 0) is 0 Å². The molecule has 0 atom stereocenters. The van der Waals surface area contributed by atoms with Gasteiger partial charge in [-0.3, -0.25) is 9.78 Å². The maximum Gasteiger partial charge on any atom is 0.269 e. The summed E-state index contributed by atoms with van der Waals surface area (Å²) >= 11 is 0. The van der Waals surface area contributed by atoms with E-state index < -0.39 is 0 Å². The van der Waals surface area contributed by atoms with Crippen molar-refractivity contribution in [1.82, 2.24) is 10.3 Å². The zero-order valence-corrected chi connectivity index (χ0v) is 14.7. The predicted octanol–water partition coefficient (Wildman–Crippen LogP) is 3.81. The standard InChI is InChI=1S/C19H26N4O/c1-4-5-6-12-21-19(24)18-14-16(11-13-20-18)22-15-7-9-17(10-8-15)23(2)3/h7-11,13-14H,4-6,12H2,1-3H3,(H,20,22)(H,21,24). The minimum atomic E-state index is -0.127. The van der Waals surface area contributed by atoms with Crippen LogP contribution in [-0.4, -0.2) is 31.5 Å².